The number of benzene rings is 3. The van der Waals surface area contributed by atoms with Gasteiger partial charge in [0.15, 0.2) is 5.52 Å². The second kappa shape index (κ2) is 5.58. The predicted molar refractivity (Wildman–Crippen MR) is 130 cm³/mol. The van der Waals surface area contributed by atoms with Crippen LogP contribution in [0.15, 0.2) is 48.8 Å². The fourth-order valence-electron chi connectivity index (χ4n) is 5.32. The first-order chi connectivity index (χ1) is 14.3. The normalized spacial score (nSPS) is 13.0. The Balaban J connectivity index is 2.15. The Morgan fingerprint density at radius 1 is 0.900 bits per heavy atom. The minimum atomic E-state index is -1.60. The van der Waals surface area contributed by atoms with Crippen LogP contribution in [-0.2, 0) is 7.05 Å². The topological polar surface area (TPSA) is 21.2 Å². The molecule has 0 unspecified atom stereocenters. The summed E-state index contributed by atoms with van der Waals surface area (Å²) in [6, 6.07) is 15.8. The van der Waals surface area contributed by atoms with Crippen LogP contribution in [0.25, 0.3) is 49.1 Å². The molecule has 0 amide bonds. The van der Waals surface area contributed by atoms with Crippen molar-refractivity contribution in [2.75, 3.05) is 0 Å². The Hall–Kier alpha value is -2.98. The van der Waals surface area contributed by atoms with Gasteiger partial charge >= 0.3 is 0 Å². The van der Waals surface area contributed by atoms with E-state index in [0.717, 1.165) is 5.52 Å². The second-order valence-corrected chi connectivity index (χ2v) is 14.8. The summed E-state index contributed by atoms with van der Waals surface area (Å²) in [6.07, 6.45) is 1.97. The third-order valence-electron chi connectivity index (χ3n) is 6.86. The van der Waals surface area contributed by atoms with Crippen LogP contribution in [0.2, 0.25) is 19.6 Å². The van der Waals surface area contributed by atoms with Gasteiger partial charge in [-0.05, 0) is 53.3 Å². The molecule has 4 heteroatoms. The molecule has 3 aromatic carbocycles. The Labute approximate surface area is 176 Å². The van der Waals surface area contributed by atoms with Crippen molar-refractivity contribution in [2.24, 2.45) is 7.05 Å². The molecular weight excluding hydrogens is 382 g/mol. The summed E-state index contributed by atoms with van der Waals surface area (Å²) in [5, 5.41) is 6.83. The molecule has 0 fully saturated rings. The number of aryl methyl sites for hydroxylation is 3. The maximum Gasteiger partial charge on any atom is 0.287 e. The van der Waals surface area contributed by atoms with Crippen LogP contribution in [0.5, 0.6) is 0 Å². The number of hydrogen-bond acceptors (Lipinski definition) is 1. The number of hydrogen-bond donors (Lipinski definition) is 0. The first-order valence-corrected chi connectivity index (χ1v) is 14.1. The zero-order chi connectivity index (χ0) is 20.9. The van der Waals surface area contributed by atoms with Crippen molar-refractivity contribution in [1.29, 1.82) is 0 Å². The number of rotatable bonds is 1. The lowest BCUT2D eigenvalue weighted by atomic mass is 9.97. The van der Waals surface area contributed by atoms with E-state index < -0.39 is 8.07 Å². The molecular formula is C26H26N3Si+. The van der Waals surface area contributed by atoms with E-state index in [-0.39, 0.29) is 0 Å². The van der Waals surface area contributed by atoms with E-state index >= 15 is 0 Å². The molecule has 148 valence electrons. The van der Waals surface area contributed by atoms with Crippen LogP contribution in [0.4, 0.5) is 0 Å². The van der Waals surface area contributed by atoms with Crippen LogP contribution < -0.4 is 9.75 Å². The van der Waals surface area contributed by atoms with Crippen LogP contribution in [-0.4, -0.2) is 17.5 Å². The molecule has 0 aliphatic heterocycles. The minimum absolute atomic E-state index is 1.08. The van der Waals surface area contributed by atoms with Crippen molar-refractivity contribution in [3.63, 3.8) is 0 Å². The molecule has 3 nitrogen and oxygen atoms in total. The summed E-state index contributed by atoms with van der Waals surface area (Å²) in [6.45, 7) is 11.8. The highest BCUT2D eigenvalue weighted by Crippen LogP contribution is 2.41. The van der Waals surface area contributed by atoms with Crippen LogP contribution >= 0.6 is 0 Å². The third-order valence-corrected chi connectivity index (χ3v) is 8.88. The zero-order valence-corrected chi connectivity index (χ0v) is 19.5. The van der Waals surface area contributed by atoms with Crippen molar-refractivity contribution in [3.8, 4) is 0 Å². The van der Waals surface area contributed by atoms with E-state index in [1.165, 1.54) is 59.9 Å². The van der Waals surface area contributed by atoms with E-state index in [2.05, 4.69) is 92.0 Å². The summed E-state index contributed by atoms with van der Waals surface area (Å²) in [5.74, 6) is 0. The first-order valence-electron chi connectivity index (χ1n) is 10.6. The minimum Gasteiger partial charge on any atom is -0.308 e. The van der Waals surface area contributed by atoms with Gasteiger partial charge in [-0.2, -0.15) is 0 Å². The molecule has 6 rings (SSSR count). The monoisotopic (exact) mass is 408 g/mol. The fraction of sp³-hybridized carbons (Fsp3) is 0.231. The van der Waals surface area contributed by atoms with E-state index in [1.807, 2.05) is 6.33 Å². The van der Waals surface area contributed by atoms with Gasteiger partial charge in [0, 0.05) is 10.8 Å². The SMILES string of the molecule is Cc1cc2c3ccccc3n3c4c([Si](C)(C)C)ccc5nc[n+](C)c(c(c1C)c23)c54. The standard InChI is InChI=1S/C26H26N3Si/c1-15-13-18-17-9-7-8-10-20(17)29-24(18)22(16(15)2)26-23-19(27-14-28(26)3)11-12-21(25(23)29)30(4,5)6/h7-14H,1-6H3/q+1. The molecule has 0 aliphatic rings. The van der Waals surface area contributed by atoms with Gasteiger partial charge in [-0.1, -0.05) is 43.9 Å². The average molecular weight is 409 g/mol. The number of para-hydroxylation sites is 1. The smallest absolute Gasteiger partial charge is 0.287 e. The van der Waals surface area contributed by atoms with E-state index in [9.17, 15) is 0 Å². The average Bonchev–Trinajstić information content (AvgIpc) is 3.03. The van der Waals surface area contributed by atoms with Gasteiger partial charge in [-0.15, -0.1) is 0 Å². The Morgan fingerprint density at radius 2 is 1.67 bits per heavy atom. The van der Waals surface area contributed by atoms with Crippen molar-refractivity contribution in [1.82, 2.24) is 9.38 Å². The predicted octanol–water partition coefficient (Wildman–Crippen LogP) is 5.37. The largest absolute Gasteiger partial charge is 0.308 e. The number of pyridine rings is 1. The maximum atomic E-state index is 4.83. The number of aromatic nitrogens is 3. The van der Waals surface area contributed by atoms with Gasteiger partial charge in [0.1, 0.15) is 5.52 Å². The zero-order valence-electron chi connectivity index (χ0n) is 18.5. The molecule has 0 saturated heterocycles. The maximum absolute atomic E-state index is 4.83. The Morgan fingerprint density at radius 3 is 2.43 bits per heavy atom. The van der Waals surface area contributed by atoms with Crippen molar-refractivity contribution >= 4 is 62.4 Å². The van der Waals surface area contributed by atoms with Crippen LogP contribution in [0.3, 0.4) is 0 Å². The highest BCUT2D eigenvalue weighted by molar-refractivity contribution is 6.90. The molecule has 0 saturated carbocycles. The van der Waals surface area contributed by atoms with Gasteiger partial charge in [-0.25, -0.2) is 4.57 Å². The summed E-state index contributed by atoms with van der Waals surface area (Å²) in [5.41, 5.74) is 9.08. The van der Waals surface area contributed by atoms with E-state index in [4.69, 9.17) is 4.98 Å². The fourth-order valence-corrected chi connectivity index (χ4v) is 6.85. The summed E-state index contributed by atoms with van der Waals surface area (Å²) in [7, 11) is 0.534. The van der Waals surface area contributed by atoms with Gasteiger partial charge in [0.2, 0.25) is 0 Å². The van der Waals surface area contributed by atoms with Gasteiger partial charge in [-0.3, -0.25) is 0 Å². The van der Waals surface area contributed by atoms with E-state index in [1.54, 1.807) is 0 Å². The summed E-state index contributed by atoms with van der Waals surface area (Å²) in [4.78, 5) is 4.83. The van der Waals surface area contributed by atoms with Crippen molar-refractivity contribution < 1.29 is 4.57 Å². The van der Waals surface area contributed by atoms with Gasteiger partial charge in [0.05, 0.1) is 42.4 Å². The van der Waals surface area contributed by atoms with Crippen LogP contribution in [0, 0.1) is 13.8 Å². The summed E-state index contributed by atoms with van der Waals surface area (Å²) >= 11 is 0. The molecule has 30 heavy (non-hydrogen) atoms. The van der Waals surface area contributed by atoms with E-state index in [0.29, 0.717) is 0 Å². The Kier molecular flexibility index (Phi) is 3.32. The lowest BCUT2D eigenvalue weighted by Gasteiger charge is -2.22. The highest BCUT2D eigenvalue weighted by atomic mass is 28.3. The quantitative estimate of drug-likeness (QED) is 0.155. The molecule has 3 aromatic heterocycles. The molecule has 0 radical (unpaired) electrons. The number of fused-ring (bicyclic) bond motifs is 5. The molecule has 0 bridgehead atoms. The van der Waals surface area contributed by atoms with Gasteiger partial charge in [0.25, 0.3) is 6.33 Å². The molecule has 0 N–H and O–H groups in total. The third kappa shape index (κ3) is 2.04. The number of nitrogens with zero attached hydrogens (tertiary/aromatic N) is 3. The molecule has 0 aliphatic carbocycles. The molecule has 6 aromatic rings. The van der Waals surface area contributed by atoms with Gasteiger partial charge < -0.3 is 4.40 Å². The van der Waals surface area contributed by atoms with Crippen LogP contribution in [0.1, 0.15) is 11.1 Å². The lowest BCUT2D eigenvalue weighted by molar-refractivity contribution is -0.646. The molecule has 0 atom stereocenters. The van der Waals surface area contributed by atoms with Crippen molar-refractivity contribution in [2.45, 2.75) is 33.5 Å². The van der Waals surface area contributed by atoms with Crippen molar-refractivity contribution in [3.05, 3.63) is 59.9 Å². The first kappa shape index (κ1) is 17.8. The molecule has 3 heterocycles. The Bertz CT molecular complexity index is 1650. The lowest BCUT2D eigenvalue weighted by Crippen LogP contribution is -2.39. The highest BCUT2D eigenvalue weighted by Gasteiger charge is 2.29. The molecule has 0 spiro atoms. The second-order valence-electron chi connectivity index (χ2n) is 9.75. The summed E-state index contributed by atoms with van der Waals surface area (Å²) < 4.78 is 4.78.